The first kappa shape index (κ1) is 23.1. The molecule has 7 nitrogen and oxygen atoms in total. The molecule has 0 aliphatic heterocycles. The van der Waals surface area contributed by atoms with Gasteiger partial charge in [-0.15, -0.1) is 0 Å². The fourth-order valence-corrected chi connectivity index (χ4v) is 0.0833. The molecule has 0 aromatic rings. The van der Waals surface area contributed by atoms with Gasteiger partial charge in [0.1, 0.15) is 0 Å². The average molecular weight is 317 g/mol. The minimum Gasteiger partial charge on any atom is -0.475 e. The highest BCUT2D eigenvalue weighted by Crippen LogP contribution is 2.13. The first-order valence-corrected chi connectivity index (χ1v) is 4.07. The number of carboxylic acid groups (broad SMARTS) is 2. The lowest BCUT2D eigenvalue weighted by atomic mass is 10.7. The highest BCUT2D eigenvalue weighted by Gasteiger charge is 2.38. The summed E-state index contributed by atoms with van der Waals surface area (Å²) >= 11 is 0. The third-order valence-corrected chi connectivity index (χ3v) is 0.879. The number of rotatable bonds is 1. The Morgan fingerprint density at radius 3 is 1.15 bits per heavy atom. The topological polar surface area (TPSA) is 127 Å². The molecule has 120 valence electrons. The fraction of sp³-hybridized carbons (Fsp3) is 0.571. The van der Waals surface area contributed by atoms with Gasteiger partial charge >= 0.3 is 30.3 Å². The number of carbonyl (C=O) groups is 3. The van der Waals surface area contributed by atoms with E-state index in [9.17, 15) is 31.1 Å². The maximum atomic E-state index is 10.6. The molecule has 0 radical (unpaired) electrons. The van der Waals surface area contributed by atoms with Gasteiger partial charge in [0.05, 0.1) is 13.7 Å². The van der Waals surface area contributed by atoms with Crippen molar-refractivity contribution in [3.63, 3.8) is 0 Å². The van der Waals surface area contributed by atoms with E-state index < -0.39 is 24.3 Å². The number of halogens is 6. The van der Waals surface area contributed by atoms with Crippen molar-refractivity contribution in [3.8, 4) is 0 Å². The van der Waals surface area contributed by atoms with E-state index in [4.69, 9.17) is 25.5 Å². The molecule has 0 aliphatic carbocycles. The zero-order chi connectivity index (χ0) is 17.1. The summed E-state index contributed by atoms with van der Waals surface area (Å²) in [5, 5.41) is 14.2. The van der Waals surface area contributed by atoms with Crippen molar-refractivity contribution in [1.82, 2.24) is 0 Å². The SMILES string of the molecule is COC(=O)CN.O=C(O)C(F)(F)F.O=C(O)C(F)(F)F. The summed E-state index contributed by atoms with van der Waals surface area (Å²) in [5.41, 5.74) is 4.81. The summed E-state index contributed by atoms with van der Waals surface area (Å²) in [4.78, 5) is 27.6. The molecule has 13 heteroatoms. The molecule has 0 atom stereocenters. The molecule has 0 saturated carbocycles. The Bertz CT molecular complexity index is 295. The van der Waals surface area contributed by atoms with Crippen LogP contribution in [0.25, 0.3) is 0 Å². The van der Waals surface area contributed by atoms with Crippen molar-refractivity contribution in [2.75, 3.05) is 13.7 Å². The van der Waals surface area contributed by atoms with Gasteiger partial charge < -0.3 is 20.7 Å². The van der Waals surface area contributed by atoms with Crippen LogP contribution in [0.4, 0.5) is 26.3 Å². The molecule has 0 rings (SSSR count). The lowest BCUT2D eigenvalue weighted by molar-refractivity contribution is -0.193. The molecule has 0 amide bonds. The second-order valence-corrected chi connectivity index (χ2v) is 2.39. The van der Waals surface area contributed by atoms with E-state index in [1.807, 2.05) is 0 Å². The highest BCUT2D eigenvalue weighted by atomic mass is 19.4. The number of hydrogen-bond donors (Lipinski definition) is 3. The monoisotopic (exact) mass is 317 g/mol. The molecule has 0 heterocycles. The number of ether oxygens (including phenoxy) is 1. The summed E-state index contributed by atoms with van der Waals surface area (Å²) in [6.45, 7) is -0.0312. The third kappa shape index (κ3) is 18.3. The van der Waals surface area contributed by atoms with Crippen molar-refractivity contribution in [2.24, 2.45) is 5.73 Å². The Morgan fingerprint density at radius 1 is 0.950 bits per heavy atom. The molecule has 0 aromatic carbocycles. The van der Waals surface area contributed by atoms with Crippen LogP contribution in [0, 0.1) is 0 Å². The van der Waals surface area contributed by atoms with Gasteiger partial charge in [0.25, 0.3) is 0 Å². The number of alkyl halides is 6. The number of nitrogens with two attached hydrogens (primary N) is 1. The fourth-order valence-electron chi connectivity index (χ4n) is 0.0833. The molecular formula is C7H9F6NO6. The minimum atomic E-state index is -5.08. The number of carbonyl (C=O) groups excluding carboxylic acids is 1. The van der Waals surface area contributed by atoms with Crippen LogP contribution < -0.4 is 5.73 Å². The third-order valence-electron chi connectivity index (χ3n) is 0.879. The van der Waals surface area contributed by atoms with Gasteiger partial charge in [0.2, 0.25) is 0 Å². The summed E-state index contributed by atoms with van der Waals surface area (Å²) < 4.78 is 67.6. The maximum absolute atomic E-state index is 10.6. The molecule has 0 fully saturated rings. The highest BCUT2D eigenvalue weighted by molar-refractivity contribution is 5.73. The van der Waals surface area contributed by atoms with E-state index >= 15 is 0 Å². The molecule has 0 aliphatic rings. The summed E-state index contributed by atoms with van der Waals surface area (Å²) in [6, 6.07) is 0. The van der Waals surface area contributed by atoms with Crippen molar-refractivity contribution in [1.29, 1.82) is 0 Å². The van der Waals surface area contributed by atoms with E-state index in [2.05, 4.69) is 4.74 Å². The Hall–Kier alpha value is -2.05. The van der Waals surface area contributed by atoms with Crippen molar-refractivity contribution in [2.45, 2.75) is 12.4 Å². The molecule has 0 bridgehead atoms. The first-order chi connectivity index (χ1) is 8.69. The van der Waals surface area contributed by atoms with Crippen LogP contribution in [-0.2, 0) is 19.1 Å². The van der Waals surface area contributed by atoms with Crippen LogP contribution >= 0.6 is 0 Å². The number of methoxy groups -OCH3 is 1. The van der Waals surface area contributed by atoms with Gasteiger partial charge in [-0.05, 0) is 0 Å². The second-order valence-electron chi connectivity index (χ2n) is 2.39. The van der Waals surface area contributed by atoms with Crippen molar-refractivity contribution >= 4 is 17.9 Å². The number of carboxylic acids is 2. The Morgan fingerprint density at radius 2 is 1.15 bits per heavy atom. The predicted molar refractivity (Wildman–Crippen MR) is 48.5 cm³/mol. The van der Waals surface area contributed by atoms with E-state index in [-0.39, 0.29) is 12.5 Å². The molecule has 0 spiro atoms. The molecule has 0 unspecified atom stereocenters. The van der Waals surface area contributed by atoms with Gasteiger partial charge in [0, 0.05) is 0 Å². The van der Waals surface area contributed by atoms with Gasteiger partial charge in [-0.25, -0.2) is 9.59 Å². The minimum absolute atomic E-state index is 0.0312. The Kier molecular flexibility index (Phi) is 11.3. The Balaban J connectivity index is -0.000000218. The van der Waals surface area contributed by atoms with Crippen molar-refractivity contribution in [3.05, 3.63) is 0 Å². The Labute approximate surface area is 106 Å². The molecule has 4 N–H and O–H groups in total. The van der Waals surface area contributed by atoms with E-state index in [1.165, 1.54) is 7.11 Å². The maximum Gasteiger partial charge on any atom is 0.490 e. The van der Waals surface area contributed by atoms with E-state index in [0.717, 1.165) is 0 Å². The van der Waals surface area contributed by atoms with Gasteiger partial charge in [-0.1, -0.05) is 0 Å². The van der Waals surface area contributed by atoms with Gasteiger partial charge in [-0.3, -0.25) is 4.79 Å². The van der Waals surface area contributed by atoms with Gasteiger partial charge in [-0.2, -0.15) is 26.3 Å². The summed E-state index contributed by atoms with van der Waals surface area (Å²) in [7, 11) is 1.30. The lowest BCUT2D eigenvalue weighted by Crippen LogP contribution is -2.21. The predicted octanol–water partition coefficient (Wildman–Crippen LogP) is 0.385. The number of esters is 1. The summed E-state index contributed by atoms with van der Waals surface area (Å²) in [6.07, 6.45) is -10.2. The normalized spacial score (nSPS) is 10.2. The number of aliphatic carboxylic acids is 2. The average Bonchev–Trinajstić information content (AvgIpc) is 2.27. The van der Waals surface area contributed by atoms with Crippen LogP contribution in [0.5, 0.6) is 0 Å². The van der Waals surface area contributed by atoms with Crippen LogP contribution in [0.15, 0.2) is 0 Å². The zero-order valence-corrected chi connectivity index (χ0v) is 9.58. The smallest absolute Gasteiger partial charge is 0.475 e. The van der Waals surface area contributed by atoms with Crippen molar-refractivity contribution < 1.29 is 55.7 Å². The standard InChI is InChI=1S/C3H7NO2.2C2HF3O2/c1-6-3(5)2-4;2*3-2(4,5)1(6)7/h2,4H2,1H3;2*(H,6,7). The van der Waals surface area contributed by atoms with Crippen LogP contribution in [0.1, 0.15) is 0 Å². The zero-order valence-electron chi connectivity index (χ0n) is 9.58. The number of hydrogen-bond acceptors (Lipinski definition) is 5. The van der Waals surface area contributed by atoms with E-state index in [1.54, 1.807) is 0 Å². The van der Waals surface area contributed by atoms with Crippen LogP contribution in [0.3, 0.4) is 0 Å². The second kappa shape index (κ2) is 9.82. The lowest BCUT2D eigenvalue weighted by Gasteiger charge is -1.93. The molecule has 0 saturated heterocycles. The molecular weight excluding hydrogens is 308 g/mol. The molecule has 0 aromatic heterocycles. The quantitative estimate of drug-likeness (QED) is 0.471. The summed E-state index contributed by atoms with van der Waals surface area (Å²) in [5.74, 6) is -5.89. The van der Waals surface area contributed by atoms with Crippen LogP contribution in [0.2, 0.25) is 0 Å². The van der Waals surface area contributed by atoms with Crippen LogP contribution in [-0.4, -0.2) is 54.1 Å². The largest absolute Gasteiger partial charge is 0.490 e. The van der Waals surface area contributed by atoms with E-state index in [0.29, 0.717) is 0 Å². The van der Waals surface area contributed by atoms with Gasteiger partial charge in [0.15, 0.2) is 0 Å². The molecule has 20 heavy (non-hydrogen) atoms. The first-order valence-electron chi connectivity index (χ1n) is 4.07.